The quantitative estimate of drug-likeness (QED) is 0.529. The molecule has 0 radical (unpaired) electrons. The van der Waals surface area contributed by atoms with Gasteiger partial charge in [0.15, 0.2) is 11.5 Å². The van der Waals surface area contributed by atoms with Crippen LogP contribution in [0.3, 0.4) is 0 Å². The van der Waals surface area contributed by atoms with Crippen molar-refractivity contribution < 1.29 is 14.3 Å². The Kier molecular flexibility index (Phi) is 7.30. The molecule has 3 rings (SSSR count). The van der Waals surface area contributed by atoms with Crippen LogP contribution >= 0.6 is 11.3 Å². The van der Waals surface area contributed by atoms with Crippen molar-refractivity contribution in [3.63, 3.8) is 0 Å². The summed E-state index contributed by atoms with van der Waals surface area (Å²) in [6.07, 6.45) is 5.25. The predicted molar refractivity (Wildman–Crippen MR) is 119 cm³/mol. The van der Waals surface area contributed by atoms with Crippen LogP contribution in [0.5, 0.6) is 11.5 Å². The molecule has 1 atom stereocenters. The van der Waals surface area contributed by atoms with E-state index in [2.05, 4.69) is 21.5 Å². The lowest BCUT2D eigenvalue weighted by Gasteiger charge is -2.14. The van der Waals surface area contributed by atoms with E-state index in [1.807, 2.05) is 48.7 Å². The SMILES string of the molecule is C#CCOc1cc(CNC(=O)NC(C)c2nc(-c3ccccc3)cs2)ccc1OC. The number of thiazole rings is 1. The van der Waals surface area contributed by atoms with Crippen molar-refractivity contribution in [2.75, 3.05) is 13.7 Å². The molecular weight excluding hydrogens is 398 g/mol. The zero-order valence-corrected chi connectivity index (χ0v) is 17.7. The van der Waals surface area contributed by atoms with Crippen LogP contribution < -0.4 is 20.1 Å². The van der Waals surface area contributed by atoms with Gasteiger partial charge in [0.1, 0.15) is 11.6 Å². The van der Waals surface area contributed by atoms with Gasteiger partial charge in [0.25, 0.3) is 0 Å². The normalized spacial score (nSPS) is 11.2. The molecule has 2 aromatic carbocycles. The molecule has 0 spiro atoms. The summed E-state index contributed by atoms with van der Waals surface area (Å²) in [5.74, 6) is 3.55. The Morgan fingerprint density at radius 1 is 1.23 bits per heavy atom. The van der Waals surface area contributed by atoms with Gasteiger partial charge in [0.05, 0.1) is 18.8 Å². The van der Waals surface area contributed by atoms with E-state index in [-0.39, 0.29) is 18.7 Å². The first-order chi connectivity index (χ1) is 14.6. The van der Waals surface area contributed by atoms with Crippen molar-refractivity contribution >= 4 is 17.4 Å². The Morgan fingerprint density at radius 3 is 2.77 bits per heavy atom. The maximum absolute atomic E-state index is 12.3. The molecule has 1 heterocycles. The molecule has 154 valence electrons. The number of ether oxygens (including phenoxy) is 2. The molecule has 0 aliphatic heterocycles. The Balaban J connectivity index is 1.56. The fourth-order valence-electron chi connectivity index (χ4n) is 2.78. The molecule has 0 aliphatic carbocycles. The summed E-state index contributed by atoms with van der Waals surface area (Å²) in [5.41, 5.74) is 2.83. The number of amides is 2. The van der Waals surface area contributed by atoms with Gasteiger partial charge in [0, 0.05) is 17.5 Å². The number of carbonyl (C=O) groups excluding carboxylic acids is 1. The van der Waals surface area contributed by atoms with Gasteiger partial charge in [-0.3, -0.25) is 0 Å². The molecule has 0 saturated heterocycles. The second kappa shape index (κ2) is 10.3. The third kappa shape index (κ3) is 5.52. The van der Waals surface area contributed by atoms with Crippen molar-refractivity contribution in [3.05, 3.63) is 64.5 Å². The van der Waals surface area contributed by atoms with Crippen molar-refractivity contribution in [3.8, 4) is 35.1 Å². The lowest BCUT2D eigenvalue weighted by atomic mass is 10.2. The molecular formula is C23H23N3O3S. The number of terminal acetylenes is 1. The lowest BCUT2D eigenvalue weighted by molar-refractivity contribution is 0.237. The number of rotatable bonds is 8. The Morgan fingerprint density at radius 2 is 2.03 bits per heavy atom. The second-order valence-electron chi connectivity index (χ2n) is 6.46. The van der Waals surface area contributed by atoms with Gasteiger partial charge in [-0.05, 0) is 24.6 Å². The van der Waals surface area contributed by atoms with E-state index in [0.29, 0.717) is 18.0 Å². The number of nitrogens with zero attached hydrogens (tertiary/aromatic N) is 1. The summed E-state index contributed by atoms with van der Waals surface area (Å²) in [6.45, 7) is 2.39. The van der Waals surface area contributed by atoms with E-state index >= 15 is 0 Å². The van der Waals surface area contributed by atoms with Gasteiger partial charge in [-0.15, -0.1) is 17.8 Å². The number of hydrogen-bond donors (Lipinski definition) is 2. The van der Waals surface area contributed by atoms with Gasteiger partial charge in [0.2, 0.25) is 0 Å². The molecule has 6 nitrogen and oxygen atoms in total. The van der Waals surface area contributed by atoms with Gasteiger partial charge in [-0.25, -0.2) is 9.78 Å². The number of carbonyl (C=O) groups is 1. The van der Waals surface area contributed by atoms with Crippen LogP contribution in [0, 0.1) is 12.3 Å². The maximum atomic E-state index is 12.3. The number of nitrogens with one attached hydrogen (secondary N) is 2. The summed E-state index contributed by atoms with van der Waals surface area (Å²) in [7, 11) is 1.56. The van der Waals surface area contributed by atoms with E-state index in [1.54, 1.807) is 19.2 Å². The average molecular weight is 422 g/mol. The van der Waals surface area contributed by atoms with E-state index in [0.717, 1.165) is 21.8 Å². The number of methoxy groups -OCH3 is 1. The number of aromatic nitrogens is 1. The lowest BCUT2D eigenvalue weighted by Crippen LogP contribution is -2.36. The molecule has 0 aliphatic rings. The standard InChI is InChI=1S/C23H23N3O3S/c1-4-12-29-21-13-17(10-11-20(21)28-3)14-24-23(27)25-16(2)22-26-19(15-30-22)18-8-6-5-7-9-18/h1,5-11,13,15-16H,12,14H2,2-3H3,(H2,24,25,27). The van der Waals surface area contributed by atoms with Crippen molar-refractivity contribution in [1.82, 2.24) is 15.6 Å². The molecule has 1 aromatic heterocycles. The molecule has 30 heavy (non-hydrogen) atoms. The highest BCUT2D eigenvalue weighted by molar-refractivity contribution is 7.10. The number of hydrogen-bond acceptors (Lipinski definition) is 5. The molecule has 2 N–H and O–H groups in total. The summed E-state index contributed by atoms with van der Waals surface area (Å²) < 4.78 is 10.7. The van der Waals surface area contributed by atoms with Gasteiger partial charge < -0.3 is 20.1 Å². The Labute approximate surface area is 180 Å². The second-order valence-corrected chi connectivity index (χ2v) is 7.35. The van der Waals surface area contributed by atoms with Crippen molar-refractivity contribution in [2.24, 2.45) is 0 Å². The first-order valence-corrected chi connectivity index (χ1v) is 10.3. The van der Waals surface area contributed by atoms with Crippen LogP contribution in [-0.4, -0.2) is 24.7 Å². The fourth-order valence-corrected chi connectivity index (χ4v) is 3.62. The molecule has 2 amide bonds. The van der Waals surface area contributed by atoms with E-state index < -0.39 is 0 Å². The molecule has 1 unspecified atom stereocenters. The zero-order valence-electron chi connectivity index (χ0n) is 16.8. The monoisotopic (exact) mass is 421 g/mol. The van der Waals surface area contributed by atoms with Gasteiger partial charge in [-0.2, -0.15) is 0 Å². The highest BCUT2D eigenvalue weighted by atomic mass is 32.1. The first kappa shape index (κ1) is 21.2. The first-order valence-electron chi connectivity index (χ1n) is 9.39. The zero-order chi connectivity index (χ0) is 21.3. The minimum atomic E-state index is -0.277. The minimum absolute atomic E-state index is 0.143. The Hall–Kier alpha value is -3.50. The highest BCUT2D eigenvalue weighted by Gasteiger charge is 2.14. The minimum Gasteiger partial charge on any atom is -0.493 e. The van der Waals surface area contributed by atoms with Crippen molar-refractivity contribution in [1.29, 1.82) is 0 Å². The summed E-state index contributed by atoms with van der Waals surface area (Å²) in [6, 6.07) is 14.9. The third-order valence-electron chi connectivity index (χ3n) is 4.30. The summed E-state index contributed by atoms with van der Waals surface area (Å²) in [5, 5.41) is 8.61. The van der Waals surface area contributed by atoms with E-state index in [1.165, 1.54) is 11.3 Å². The average Bonchev–Trinajstić information content (AvgIpc) is 3.27. The molecule has 0 bridgehead atoms. The van der Waals surface area contributed by atoms with E-state index in [4.69, 9.17) is 15.9 Å². The largest absolute Gasteiger partial charge is 0.493 e. The summed E-state index contributed by atoms with van der Waals surface area (Å²) >= 11 is 1.52. The smallest absolute Gasteiger partial charge is 0.315 e. The maximum Gasteiger partial charge on any atom is 0.315 e. The van der Waals surface area contributed by atoms with E-state index in [9.17, 15) is 4.79 Å². The third-order valence-corrected chi connectivity index (χ3v) is 5.33. The van der Waals surface area contributed by atoms with Crippen molar-refractivity contribution in [2.45, 2.75) is 19.5 Å². The van der Waals surface area contributed by atoms with Crippen LogP contribution in [0.2, 0.25) is 0 Å². The molecule has 7 heteroatoms. The van der Waals surface area contributed by atoms with Crippen LogP contribution in [0.15, 0.2) is 53.9 Å². The van der Waals surface area contributed by atoms with Crippen LogP contribution in [0.1, 0.15) is 23.5 Å². The van der Waals surface area contributed by atoms with Crippen LogP contribution in [-0.2, 0) is 6.54 Å². The van der Waals surface area contributed by atoms with Gasteiger partial charge >= 0.3 is 6.03 Å². The Bertz CT molecular complexity index is 1030. The van der Waals surface area contributed by atoms with Gasteiger partial charge in [-0.1, -0.05) is 42.3 Å². The number of urea groups is 1. The van der Waals surface area contributed by atoms with Crippen LogP contribution in [0.4, 0.5) is 4.79 Å². The molecule has 3 aromatic rings. The predicted octanol–water partition coefficient (Wildman–Crippen LogP) is 4.39. The highest BCUT2D eigenvalue weighted by Crippen LogP contribution is 2.28. The van der Waals surface area contributed by atoms with Crippen LogP contribution in [0.25, 0.3) is 11.3 Å². The number of benzene rings is 2. The fraction of sp³-hybridized carbons (Fsp3) is 0.217. The molecule has 0 fully saturated rings. The molecule has 0 saturated carbocycles. The topological polar surface area (TPSA) is 72.5 Å². The summed E-state index contributed by atoms with van der Waals surface area (Å²) in [4.78, 5) is 17.0.